The van der Waals surface area contributed by atoms with E-state index in [1.165, 1.54) is 18.2 Å². The first-order chi connectivity index (χ1) is 8.65. The van der Waals surface area contributed by atoms with Crippen molar-refractivity contribution in [3.63, 3.8) is 0 Å². The van der Waals surface area contributed by atoms with Gasteiger partial charge in [-0.2, -0.15) is 0 Å². The molecule has 98 valence electrons. The smallest absolute Gasteiger partial charge is 0.307 e. The molecule has 1 aliphatic heterocycles. The summed E-state index contributed by atoms with van der Waals surface area (Å²) < 4.78 is 10.0. The molecule has 1 unspecified atom stereocenters. The molecule has 0 saturated heterocycles. The average molecular weight is 249 g/mol. The third-order valence-corrected chi connectivity index (χ3v) is 3.57. The fourth-order valence-electron chi connectivity index (χ4n) is 2.43. The lowest BCUT2D eigenvalue weighted by atomic mass is 9.91. The molecule has 0 spiro atoms. The zero-order chi connectivity index (χ0) is 13.1. The van der Waals surface area contributed by atoms with Gasteiger partial charge < -0.3 is 9.47 Å². The van der Waals surface area contributed by atoms with E-state index in [1.54, 1.807) is 7.11 Å². The van der Waals surface area contributed by atoms with Gasteiger partial charge in [-0.05, 0) is 36.7 Å². The molecule has 18 heavy (non-hydrogen) atoms. The highest BCUT2D eigenvalue weighted by molar-refractivity contribution is 5.70. The third-order valence-electron chi connectivity index (χ3n) is 3.57. The molecule has 1 aromatic carbocycles. The predicted octanol–water partition coefficient (Wildman–Crippen LogP) is 1.79. The largest absolute Gasteiger partial charge is 0.497 e. The number of rotatable bonds is 3. The molecule has 1 aliphatic rings. The molecule has 1 aromatic rings. The molecule has 4 heteroatoms. The Hall–Kier alpha value is -1.55. The van der Waals surface area contributed by atoms with E-state index < -0.39 is 0 Å². The molecule has 0 amide bonds. The molecule has 0 radical (unpaired) electrons. The van der Waals surface area contributed by atoms with Crippen LogP contribution in [0.25, 0.3) is 0 Å². The molecule has 0 saturated carbocycles. The van der Waals surface area contributed by atoms with Crippen molar-refractivity contribution in [1.29, 1.82) is 0 Å². The SMILES string of the molecule is COC(=O)CC1c2cc(OC)ccc2CCN1C. The molecular formula is C14H19NO3. The van der Waals surface area contributed by atoms with Gasteiger partial charge in [0.25, 0.3) is 0 Å². The number of methoxy groups -OCH3 is 2. The lowest BCUT2D eigenvalue weighted by Gasteiger charge is -2.34. The molecule has 0 bridgehead atoms. The van der Waals surface area contributed by atoms with Crippen LogP contribution in [0.2, 0.25) is 0 Å². The third kappa shape index (κ3) is 2.48. The van der Waals surface area contributed by atoms with Crippen molar-refractivity contribution >= 4 is 5.97 Å². The first-order valence-corrected chi connectivity index (χ1v) is 6.09. The number of carbonyl (C=O) groups is 1. The van der Waals surface area contributed by atoms with Gasteiger partial charge in [-0.15, -0.1) is 0 Å². The fourth-order valence-corrected chi connectivity index (χ4v) is 2.43. The summed E-state index contributed by atoms with van der Waals surface area (Å²) in [7, 11) is 5.12. The van der Waals surface area contributed by atoms with E-state index >= 15 is 0 Å². The maximum atomic E-state index is 11.5. The van der Waals surface area contributed by atoms with Crippen molar-refractivity contribution in [2.45, 2.75) is 18.9 Å². The molecule has 4 nitrogen and oxygen atoms in total. The van der Waals surface area contributed by atoms with Crippen molar-refractivity contribution < 1.29 is 14.3 Å². The molecule has 0 N–H and O–H groups in total. The molecule has 0 aliphatic carbocycles. The van der Waals surface area contributed by atoms with Crippen LogP contribution in [0.3, 0.4) is 0 Å². The number of likely N-dealkylation sites (N-methyl/N-ethyl adjacent to an activating group) is 1. The zero-order valence-corrected chi connectivity index (χ0v) is 11.1. The summed E-state index contributed by atoms with van der Waals surface area (Å²) in [4.78, 5) is 13.7. The Bertz CT molecular complexity index is 445. The van der Waals surface area contributed by atoms with Crippen LogP contribution in [0.15, 0.2) is 18.2 Å². The highest BCUT2D eigenvalue weighted by Crippen LogP contribution is 2.33. The highest BCUT2D eigenvalue weighted by atomic mass is 16.5. The van der Waals surface area contributed by atoms with Crippen LogP contribution in [0.1, 0.15) is 23.6 Å². The van der Waals surface area contributed by atoms with Gasteiger partial charge in [0.1, 0.15) is 5.75 Å². The van der Waals surface area contributed by atoms with E-state index in [9.17, 15) is 4.79 Å². The summed E-state index contributed by atoms with van der Waals surface area (Å²) in [6.07, 6.45) is 1.39. The van der Waals surface area contributed by atoms with Crippen LogP contribution in [0.5, 0.6) is 5.75 Å². The van der Waals surface area contributed by atoms with Crippen LogP contribution in [0, 0.1) is 0 Å². The van der Waals surface area contributed by atoms with E-state index in [0.717, 1.165) is 18.7 Å². The first-order valence-electron chi connectivity index (χ1n) is 6.09. The van der Waals surface area contributed by atoms with Gasteiger partial charge in [-0.3, -0.25) is 9.69 Å². The van der Waals surface area contributed by atoms with Gasteiger partial charge in [0.2, 0.25) is 0 Å². The number of ether oxygens (including phenoxy) is 2. The normalized spacial score (nSPS) is 19.2. The van der Waals surface area contributed by atoms with Crippen molar-refractivity contribution in [3.05, 3.63) is 29.3 Å². The van der Waals surface area contributed by atoms with Gasteiger partial charge in [-0.25, -0.2) is 0 Å². The van der Waals surface area contributed by atoms with E-state index in [-0.39, 0.29) is 12.0 Å². The Morgan fingerprint density at radius 1 is 1.44 bits per heavy atom. The van der Waals surface area contributed by atoms with Gasteiger partial charge in [0.05, 0.1) is 20.6 Å². The minimum atomic E-state index is -0.178. The minimum Gasteiger partial charge on any atom is -0.497 e. The van der Waals surface area contributed by atoms with Crippen LogP contribution >= 0.6 is 0 Å². The van der Waals surface area contributed by atoms with E-state index in [0.29, 0.717) is 6.42 Å². The summed E-state index contributed by atoms with van der Waals surface area (Å²) in [6, 6.07) is 6.17. The summed E-state index contributed by atoms with van der Waals surface area (Å²) >= 11 is 0. The Morgan fingerprint density at radius 2 is 2.22 bits per heavy atom. The van der Waals surface area contributed by atoms with Crippen molar-refractivity contribution in [1.82, 2.24) is 4.90 Å². The number of carbonyl (C=O) groups excluding carboxylic acids is 1. The minimum absolute atomic E-state index is 0.0799. The first kappa shape index (κ1) is 12.9. The van der Waals surface area contributed by atoms with Crippen LogP contribution in [-0.4, -0.2) is 38.7 Å². The summed E-state index contributed by atoms with van der Waals surface area (Å²) in [5.74, 6) is 0.654. The zero-order valence-electron chi connectivity index (χ0n) is 11.1. The molecule has 0 fully saturated rings. The monoisotopic (exact) mass is 249 g/mol. The number of hydrogen-bond acceptors (Lipinski definition) is 4. The Balaban J connectivity index is 2.32. The highest BCUT2D eigenvalue weighted by Gasteiger charge is 2.27. The summed E-state index contributed by atoms with van der Waals surface area (Å²) in [6.45, 7) is 0.959. The van der Waals surface area contributed by atoms with Crippen molar-refractivity contribution in [2.24, 2.45) is 0 Å². The second kappa shape index (κ2) is 5.40. The van der Waals surface area contributed by atoms with Crippen molar-refractivity contribution in [2.75, 3.05) is 27.8 Å². The topological polar surface area (TPSA) is 38.8 Å². The standard InChI is InChI=1S/C14H19NO3/c1-15-7-6-10-4-5-11(17-2)8-12(10)13(15)9-14(16)18-3/h4-5,8,13H,6-7,9H2,1-3H3. The van der Waals surface area contributed by atoms with Gasteiger partial charge in [0.15, 0.2) is 0 Å². The number of esters is 1. The number of benzene rings is 1. The Kier molecular flexibility index (Phi) is 3.87. The van der Waals surface area contributed by atoms with Crippen molar-refractivity contribution in [3.8, 4) is 5.75 Å². The van der Waals surface area contributed by atoms with E-state index in [4.69, 9.17) is 9.47 Å². The van der Waals surface area contributed by atoms with Crippen LogP contribution in [-0.2, 0) is 16.0 Å². The van der Waals surface area contributed by atoms with Crippen LogP contribution in [0.4, 0.5) is 0 Å². The number of fused-ring (bicyclic) bond motifs is 1. The second-order valence-corrected chi connectivity index (χ2v) is 4.59. The number of nitrogens with zero attached hydrogens (tertiary/aromatic N) is 1. The molecule has 0 aromatic heterocycles. The lowest BCUT2D eigenvalue weighted by Crippen LogP contribution is -2.33. The fraction of sp³-hybridized carbons (Fsp3) is 0.500. The maximum absolute atomic E-state index is 11.5. The van der Waals surface area contributed by atoms with E-state index in [1.807, 2.05) is 19.2 Å². The van der Waals surface area contributed by atoms with Gasteiger partial charge in [-0.1, -0.05) is 6.07 Å². The molecule has 1 atom stereocenters. The Morgan fingerprint density at radius 3 is 2.89 bits per heavy atom. The van der Waals surface area contributed by atoms with Gasteiger partial charge in [0, 0.05) is 12.6 Å². The molecular weight excluding hydrogens is 230 g/mol. The Labute approximate surface area is 107 Å². The predicted molar refractivity (Wildman–Crippen MR) is 68.7 cm³/mol. The quantitative estimate of drug-likeness (QED) is 0.766. The average Bonchev–Trinajstić information content (AvgIpc) is 2.41. The molecule has 1 heterocycles. The van der Waals surface area contributed by atoms with Gasteiger partial charge >= 0.3 is 5.97 Å². The summed E-state index contributed by atoms with van der Waals surface area (Å²) in [5, 5.41) is 0. The lowest BCUT2D eigenvalue weighted by molar-refractivity contribution is -0.142. The number of hydrogen-bond donors (Lipinski definition) is 0. The van der Waals surface area contributed by atoms with E-state index in [2.05, 4.69) is 11.0 Å². The van der Waals surface area contributed by atoms with Crippen LogP contribution < -0.4 is 4.74 Å². The second-order valence-electron chi connectivity index (χ2n) is 4.59. The maximum Gasteiger partial charge on any atom is 0.307 e. The molecule has 2 rings (SSSR count). The summed E-state index contributed by atoms with van der Waals surface area (Å²) in [5.41, 5.74) is 2.47.